The molecule has 1 aliphatic rings. The maximum atomic E-state index is 5.86. The van der Waals surface area contributed by atoms with Crippen molar-refractivity contribution in [3.63, 3.8) is 0 Å². The summed E-state index contributed by atoms with van der Waals surface area (Å²) in [5.41, 5.74) is 0. The zero-order valence-corrected chi connectivity index (χ0v) is 12.0. The summed E-state index contributed by atoms with van der Waals surface area (Å²) in [5.74, 6) is 0.816. The van der Waals surface area contributed by atoms with E-state index in [0.717, 1.165) is 12.5 Å². The van der Waals surface area contributed by atoms with Crippen LogP contribution in [0.4, 0.5) is 0 Å². The van der Waals surface area contributed by atoms with Crippen molar-refractivity contribution in [3.05, 3.63) is 0 Å². The van der Waals surface area contributed by atoms with E-state index in [4.69, 9.17) is 4.74 Å². The predicted octanol–water partition coefficient (Wildman–Crippen LogP) is 3.56. The highest BCUT2D eigenvalue weighted by Crippen LogP contribution is 2.13. The van der Waals surface area contributed by atoms with Crippen LogP contribution >= 0.6 is 0 Å². The fourth-order valence-corrected chi connectivity index (χ4v) is 1.89. The minimum absolute atomic E-state index is 0.540. The van der Waals surface area contributed by atoms with E-state index in [2.05, 4.69) is 25.8 Å². The summed E-state index contributed by atoms with van der Waals surface area (Å²) < 4.78 is 5.86. The van der Waals surface area contributed by atoms with Gasteiger partial charge in [-0.2, -0.15) is 0 Å². The Kier molecular flexibility index (Phi) is 10.0. The Bertz CT molecular complexity index is 140. The highest BCUT2D eigenvalue weighted by molar-refractivity contribution is 4.69. The van der Waals surface area contributed by atoms with E-state index in [-0.39, 0.29) is 0 Å². The van der Waals surface area contributed by atoms with Gasteiger partial charge >= 0.3 is 0 Å². The van der Waals surface area contributed by atoms with Crippen LogP contribution in [-0.4, -0.2) is 37.7 Å². The van der Waals surface area contributed by atoms with E-state index in [1.807, 2.05) is 13.8 Å². The topological polar surface area (TPSA) is 12.5 Å². The Morgan fingerprint density at radius 2 is 1.75 bits per heavy atom. The first-order valence-corrected chi connectivity index (χ1v) is 6.98. The standard InChI is InChI=1S/C12H25NO.C2H6/c1-11(2)5-4-10-14-12-6-8-13(3)9-7-12;1-2/h11-12H,4-10H2,1-3H3;1-2H3. The van der Waals surface area contributed by atoms with Gasteiger partial charge in [0.15, 0.2) is 0 Å². The first-order valence-electron chi connectivity index (χ1n) is 6.98. The van der Waals surface area contributed by atoms with E-state index in [1.54, 1.807) is 0 Å². The predicted molar refractivity (Wildman–Crippen MR) is 71.9 cm³/mol. The molecule has 0 aromatic rings. The molecule has 0 aromatic heterocycles. The largest absolute Gasteiger partial charge is 0.378 e. The molecule has 0 aliphatic carbocycles. The van der Waals surface area contributed by atoms with Gasteiger partial charge in [-0.1, -0.05) is 27.7 Å². The first kappa shape index (κ1) is 15.9. The fourth-order valence-electron chi connectivity index (χ4n) is 1.89. The van der Waals surface area contributed by atoms with Crippen LogP contribution in [0.15, 0.2) is 0 Å². The lowest BCUT2D eigenvalue weighted by molar-refractivity contribution is 0.0100. The van der Waals surface area contributed by atoms with E-state index >= 15 is 0 Å². The van der Waals surface area contributed by atoms with Gasteiger partial charge in [0.25, 0.3) is 0 Å². The van der Waals surface area contributed by atoms with Gasteiger partial charge in [0, 0.05) is 19.7 Å². The number of nitrogens with zero attached hydrogens (tertiary/aromatic N) is 1. The minimum atomic E-state index is 0.540. The van der Waals surface area contributed by atoms with E-state index in [0.29, 0.717) is 6.10 Å². The first-order chi connectivity index (χ1) is 7.68. The average Bonchev–Trinajstić information content (AvgIpc) is 2.29. The van der Waals surface area contributed by atoms with Crippen molar-refractivity contribution in [1.29, 1.82) is 0 Å². The average molecular weight is 229 g/mol. The van der Waals surface area contributed by atoms with Gasteiger partial charge in [0.1, 0.15) is 0 Å². The molecule has 0 bridgehead atoms. The number of likely N-dealkylation sites (tertiary alicyclic amines) is 1. The Labute approximate surface area is 102 Å². The zero-order chi connectivity index (χ0) is 12.4. The zero-order valence-electron chi connectivity index (χ0n) is 12.0. The lowest BCUT2D eigenvalue weighted by Crippen LogP contribution is -2.34. The molecule has 0 saturated carbocycles. The molecular weight excluding hydrogens is 198 g/mol. The molecule has 1 aliphatic heterocycles. The Morgan fingerprint density at radius 3 is 2.25 bits per heavy atom. The number of piperidine rings is 1. The molecule has 98 valence electrons. The van der Waals surface area contributed by atoms with Gasteiger partial charge in [-0.25, -0.2) is 0 Å². The van der Waals surface area contributed by atoms with Gasteiger partial charge in [0.05, 0.1) is 6.10 Å². The van der Waals surface area contributed by atoms with Crippen LogP contribution in [0.5, 0.6) is 0 Å². The highest BCUT2D eigenvalue weighted by Gasteiger charge is 2.16. The second-order valence-corrected chi connectivity index (χ2v) is 4.91. The minimum Gasteiger partial charge on any atom is -0.378 e. The van der Waals surface area contributed by atoms with Crippen molar-refractivity contribution in [2.24, 2.45) is 5.92 Å². The summed E-state index contributed by atoms with van der Waals surface area (Å²) in [6.07, 6.45) is 5.51. The summed E-state index contributed by atoms with van der Waals surface area (Å²) in [6, 6.07) is 0. The summed E-state index contributed by atoms with van der Waals surface area (Å²) in [6.45, 7) is 11.9. The molecule has 1 rings (SSSR count). The normalized spacial score (nSPS) is 18.4. The van der Waals surface area contributed by atoms with Crippen LogP contribution in [0.2, 0.25) is 0 Å². The van der Waals surface area contributed by atoms with Crippen molar-refractivity contribution in [1.82, 2.24) is 4.90 Å². The molecule has 0 aromatic carbocycles. The Balaban J connectivity index is 0.00000106. The molecule has 1 heterocycles. The van der Waals surface area contributed by atoms with Crippen molar-refractivity contribution < 1.29 is 4.74 Å². The van der Waals surface area contributed by atoms with Gasteiger partial charge in [-0.15, -0.1) is 0 Å². The maximum absolute atomic E-state index is 5.86. The quantitative estimate of drug-likeness (QED) is 0.668. The number of ether oxygens (including phenoxy) is 1. The Hall–Kier alpha value is -0.0800. The van der Waals surface area contributed by atoms with Crippen molar-refractivity contribution in [3.8, 4) is 0 Å². The smallest absolute Gasteiger partial charge is 0.0599 e. The van der Waals surface area contributed by atoms with Crippen LogP contribution in [0.3, 0.4) is 0 Å². The molecule has 0 N–H and O–H groups in total. The molecular formula is C14H31NO. The summed E-state index contributed by atoms with van der Waals surface area (Å²) in [7, 11) is 2.19. The van der Waals surface area contributed by atoms with Gasteiger partial charge in [0.2, 0.25) is 0 Å². The number of hydrogen-bond acceptors (Lipinski definition) is 2. The SMILES string of the molecule is CC.CC(C)CCCOC1CCN(C)CC1. The second kappa shape index (κ2) is 10.1. The van der Waals surface area contributed by atoms with Crippen LogP contribution in [-0.2, 0) is 4.74 Å². The molecule has 0 amide bonds. The summed E-state index contributed by atoms with van der Waals surface area (Å²) in [4.78, 5) is 2.38. The van der Waals surface area contributed by atoms with Crippen LogP contribution in [0, 0.1) is 5.92 Å². The third-order valence-corrected chi connectivity index (χ3v) is 2.94. The van der Waals surface area contributed by atoms with Crippen molar-refractivity contribution >= 4 is 0 Å². The van der Waals surface area contributed by atoms with E-state index < -0.39 is 0 Å². The van der Waals surface area contributed by atoms with Gasteiger partial charge < -0.3 is 9.64 Å². The molecule has 0 radical (unpaired) electrons. The third-order valence-electron chi connectivity index (χ3n) is 2.94. The molecule has 0 unspecified atom stereocenters. The number of hydrogen-bond donors (Lipinski definition) is 0. The third kappa shape index (κ3) is 8.12. The molecule has 1 saturated heterocycles. The highest BCUT2D eigenvalue weighted by atomic mass is 16.5. The molecule has 1 fully saturated rings. The molecule has 2 nitrogen and oxygen atoms in total. The van der Waals surface area contributed by atoms with Crippen molar-refractivity contribution in [2.45, 2.75) is 59.5 Å². The van der Waals surface area contributed by atoms with Gasteiger partial charge in [-0.3, -0.25) is 0 Å². The number of rotatable bonds is 5. The lowest BCUT2D eigenvalue weighted by atomic mass is 10.1. The monoisotopic (exact) mass is 229 g/mol. The summed E-state index contributed by atoms with van der Waals surface area (Å²) >= 11 is 0. The van der Waals surface area contributed by atoms with Crippen LogP contribution < -0.4 is 0 Å². The molecule has 16 heavy (non-hydrogen) atoms. The maximum Gasteiger partial charge on any atom is 0.0599 e. The van der Waals surface area contributed by atoms with Gasteiger partial charge in [-0.05, 0) is 38.6 Å². The van der Waals surface area contributed by atoms with E-state index in [1.165, 1.54) is 38.8 Å². The lowest BCUT2D eigenvalue weighted by Gasteiger charge is -2.28. The van der Waals surface area contributed by atoms with Crippen LogP contribution in [0.1, 0.15) is 53.4 Å². The van der Waals surface area contributed by atoms with E-state index in [9.17, 15) is 0 Å². The molecule has 0 spiro atoms. The Morgan fingerprint density at radius 1 is 1.19 bits per heavy atom. The molecule has 2 heteroatoms. The summed E-state index contributed by atoms with van der Waals surface area (Å²) in [5, 5.41) is 0. The second-order valence-electron chi connectivity index (χ2n) is 4.91. The van der Waals surface area contributed by atoms with Crippen LogP contribution in [0.25, 0.3) is 0 Å². The fraction of sp³-hybridized carbons (Fsp3) is 1.00. The molecule has 0 atom stereocenters. The van der Waals surface area contributed by atoms with Crippen molar-refractivity contribution in [2.75, 3.05) is 26.7 Å².